The van der Waals surface area contributed by atoms with Gasteiger partial charge in [-0.1, -0.05) is 6.92 Å². The Bertz CT molecular complexity index is 187. The minimum absolute atomic E-state index is 0.0797. The number of aliphatic hydroxyl groups is 1. The molecule has 1 aliphatic heterocycles. The molecule has 0 radical (unpaired) electrons. The Hall–Kier alpha value is -0.610. The second-order valence-corrected chi connectivity index (χ2v) is 3.88. The average Bonchev–Trinajstić information content (AvgIpc) is 2.76. The lowest BCUT2D eigenvalue weighted by Crippen LogP contribution is -2.26. The van der Waals surface area contributed by atoms with E-state index >= 15 is 0 Å². The van der Waals surface area contributed by atoms with Crippen LogP contribution in [-0.4, -0.2) is 36.5 Å². The molecule has 0 bridgehead atoms. The van der Waals surface area contributed by atoms with Crippen molar-refractivity contribution in [1.29, 1.82) is 0 Å². The monoisotopic (exact) mass is 216 g/mol. The van der Waals surface area contributed by atoms with Crippen molar-refractivity contribution in [3.63, 3.8) is 0 Å². The molecule has 0 aromatic heterocycles. The normalized spacial score (nSPS) is 22.7. The first-order valence-electron chi connectivity index (χ1n) is 5.69. The Morgan fingerprint density at radius 3 is 3.07 bits per heavy atom. The predicted molar refractivity (Wildman–Crippen MR) is 55.5 cm³/mol. The van der Waals surface area contributed by atoms with Gasteiger partial charge in [0.2, 0.25) is 0 Å². The van der Waals surface area contributed by atoms with Crippen LogP contribution in [0, 0.1) is 0 Å². The zero-order valence-electron chi connectivity index (χ0n) is 9.28. The number of hydrogen-bond acceptors (Lipinski definition) is 4. The number of rotatable bonds is 6. The molecule has 0 aliphatic carbocycles. The summed E-state index contributed by atoms with van der Waals surface area (Å²) in [6, 6.07) is 0. The topological polar surface area (TPSA) is 55.8 Å². The molecule has 2 atom stereocenters. The molecule has 15 heavy (non-hydrogen) atoms. The number of carbonyl (C=O) groups excluding carboxylic acids is 1. The molecule has 0 saturated carbocycles. The maximum atomic E-state index is 11.1. The number of ether oxygens (including phenoxy) is 2. The lowest BCUT2D eigenvalue weighted by molar-refractivity contribution is -0.144. The van der Waals surface area contributed by atoms with Gasteiger partial charge in [0.25, 0.3) is 0 Å². The van der Waals surface area contributed by atoms with Crippen LogP contribution >= 0.6 is 0 Å². The van der Waals surface area contributed by atoms with E-state index in [-0.39, 0.29) is 18.5 Å². The highest BCUT2D eigenvalue weighted by atomic mass is 16.5. The molecule has 4 nitrogen and oxygen atoms in total. The van der Waals surface area contributed by atoms with Crippen molar-refractivity contribution >= 4 is 5.97 Å². The predicted octanol–water partition coefficient (Wildman–Crippen LogP) is 1.26. The highest BCUT2D eigenvalue weighted by molar-refractivity contribution is 5.69. The quantitative estimate of drug-likeness (QED) is 0.679. The van der Waals surface area contributed by atoms with Crippen LogP contribution in [-0.2, 0) is 14.3 Å². The van der Waals surface area contributed by atoms with E-state index in [1.54, 1.807) is 0 Å². The summed E-state index contributed by atoms with van der Waals surface area (Å²) in [4.78, 5) is 11.1. The standard InChI is InChI=1S/C11H20O4/c1-2-7-15-11(13)6-5-9(12)10-4-3-8-14-10/h9-10,12H,2-8H2,1H3. The summed E-state index contributed by atoms with van der Waals surface area (Å²) in [5, 5.41) is 9.69. The molecule has 0 amide bonds. The van der Waals surface area contributed by atoms with Crippen LogP contribution in [0.15, 0.2) is 0 Å². The molecule has 1 fully saturated rings. The number of esters is 1. The van der Waals surface area contributed by atoms with Crippen LogP contribution in [0.3, 0.4) is 0 Å². The van der Waals surface area contributed by atoms with Gasteiger partial charge in [-0.05, 0) is 25.7 Å². The highest BCUT2D eigenvalue weighted by Gasteiger charge is 2.24. The third-order valence-corrected chi connectivity index (χ3v) is 2.51. The Morgan fingerprint density at radius 2 is 2.47 bits per heavy atom. The van der Waals surface area contributed by atoms with Crippen LogP contribution < -0.4 is 0 Å². The van der Waals surface area contributed by atoms with Crippen LogP contribution in [0.2, 0.25) is 0 Å². The molecular formula is C11H20O4. The molecule has 1 saturated heterocycles. The van der Waals surface area contributed by atoms with Gasteiger partial charge in [0, 0.05) is 13.0 Å². The van der Waals surface area contributed by atoms with Crippen molar-refractivity contribution in [2.45, 2.75) is 51.2 Å². The van der Waals surface area contributed by atoms with Gasteiger partial charge >= 0.3 is 5.97 Å². The summed E-state index contributed by atoms with van der Waals surface area (Å²) in [7, 11) is 0. The lowest BCUT2D eigenvalue weighted by Gasteiger charge is -2.16. The Kier molecular flexibility index (Phi) is 5.65. The van der Waals surface area contributed by atoms with Crippen LogP contribution in [0.5, 0.6) is 0 Å². The van der Waals surface area contributed by atoms with Crippen molar-refractivity contribution in [2.75, 3.05) is 13.2 Å². The van der Waals surface area contributed by atoms with Gasteiger partial charge in [-0.2, -0.15) is 0 Å². The molecule has 1 heterocycles. The van der Waals surface area contributed by atoms with E-state index < -0.39 is 6.10 Å². The molecule has 4 heteroatoms. The molecule has 0 aromatic carbocycles. The number of carbonyl (C=O) groups is 1. The first-order valence-corrected chi connectivity index (χ1v) is 5.69. The van der Waals surface area contributed by atoms with E-state index in [4.69, 9.17) is 9.47 Å². The number of aliphatic hydroxyl groups excluding tert-OH is 1. The fourth-order valence-electron chi connectivity index (χ4n) is 1.65. The Morgan fingerprint density at radius 1 is 1.67 bits per heavy atom. The minimum Gasteiger partial charge on any atom is -0.466 e. The van der Waals surface area contributed by atoms with E-state index in [1.807, 2.05) is 6.92 Å². The zero-order chi connectivity index (χ0) is 11.1. The fourth-order valence-corrected chi connectivity index (χ4v) is 1.65. The third-order valence-electron chi connectivity index (χ3n) is 2.51. The van der Waals surface area contributed by atoms with Gasteiger partial charge in [-0.25, -0.2) is 0 Å². The second kappa shape index (κ2) is 6.80. The maximum absolute atomic E-state index is 11.1. The first-order chi connectivity index (χ1) is 7.24. The summed E-state index contributed by atoms with van der Waals surface area (Å²) in [6.45, 7) is 3.14. The smallest absolute Gasteiger partial charge is 0.305 e. The summed E-state index contributed by atoms with van der Waals surface area (Å²) < 4.78 is 10.2. The van der Waals surface area contributed by atoms with Crippen molar-refractivity contribution in [3.05, 3.63) is 0 Å². The third kappa shape index (κ3) is 4.62. The van der Waals surface area contributed by atoms with E-state index in [0.29, 0.717) is 13.0 Å². The summed E-state index contributed by atoms with van der Waals surface area (Å²) >= 11 is 0. The van der Waals surface area contributed by atoms with Crippen LogP contribution in [0.25, 0.3) is 0 Å². The van der Waals surface area contributed by atoms with E-state index in [9.17, 15) is 9.90 Å². The van der Waals surface area contributed by atoms with Gasteiger partial charge in [0.05, 0.1) is 18.8 Å². The van der Waals surface area contributed by atoms with Crippen molar-refractivity contribution in [2.24, 2.45) is 0 Å². The molecule has 1 N–H and O–H groups in total. The summed E-state index contributed by atoms with van der Waals surface area (Å²) in [5.74, 6) is -0.228. The molecule has 0 spiro atoms. The largest absolute Gasteiger partial charge is 0.466 e. The molecule has 2 unspecified atom stereocenters. The Labute approximate surface area is 90.6 Å². The number of hydrogen-bond donors (Lipinski definition) is 1. The van der Waals surface area contributed by atoms with Gasteiger partial charge in [-0.3, -0.25) is 4.79 Å². The van der Waals surface area contributed by atoms with Crippen molar-refractivity contribution < 1.29 is 19.4 Å². The van der Waals surface area contributed by atoms with Crippen molar-refractivity contribution in [1.82, 2.24) is 0 Å². The molecular weight excluding hydrogens is 196 g/mol. The van der Waals surface area contributed by atoms with Crippen LogP contribution in [0.4, 0.5) is 0 Å². The molecule has 1 aliphatic rings. The van der Waals surface area contributed by atoms with E-state index in [2.05, 4.69) is 0 Å². The highest BCUT2D eigenvalue weighted by Crippen LogP contribution is 2.18. The Balaban J connectivity index is 2.09. The second-order valence-electron chi connectivity index (χ2n) is 3.88. The lowest BCUT2D eigenvalue weighted by atomic mass is 10.1. The fraction of sp³-hybridized carbons (Fsp3) is 0.909. The van der Waals surface area contributed by atoms with Gasteiger partial charge < -0.3 is 14.6 Å². The van der Waals surface area contributed by atoms with Gasteiger partial charge in [-0.15, -0.1) is 0 Å². The summed E-state index contributed by atoms with van der Waals surface area (Å²) in [5.41, 5.74) is 0. The first kappa shape index (κ1) is 12.5. The van der Waals surface area contributed by atoms with Crippen LogP contribution in [0.1, 0.15) is 39.0 Å². The van der Waals surface area contributed by atoms with Gasteiger partial charge in [0.15, 0.2) is 0 Å². The minimum atomic E-state index is -0.526. The van der Waals surface area contributed by atoms with E-state index in [1.165, 1.54) is 0 Å². The van der Waals surface area contributed by atoms with Crippen molar-refractivity contribution in [3.8, 4) is 0 Å². The van der Waals surface area contributed by atoms with E-state index in [0.717, 1.165) is 25.9 Å². The maximum Gasteiger partial charge on any atom is 0.305 e. The molecule has 88 valence electrons. The average molecular weight is 216 g/mol. The molecule has 1 rings (SSSR count). The van der Waals surface area contributed by atoms with Gasteiger partial charge in [0.1, 0.15) is 0 Å². The zero-order valence-corrected chi connectivity index (χ0v) is 9.28. The SMILES string of the molecule is CCCOC(=O)CCC(O)C1CCCO1. The summed E-state index contributed by atoms with van der Waals surface area (Å²) in [6.07, 6.45) is 2.84. The molecule has 0 aromatic rings.